The van der Waals surface area contributed by atoms with Crippen LogP contribution < -0.4 is 10.1 Å². The molecule has 1 heterocycles. The van der Waals surface area contributed by atoms with Crippen molar-refractivity contribution in [1.29, 1.82) is 5.41 Å². The fourth-order valence-corrected chi connectivity index (χ4v) is 3.15. The van der Waals surface area contributed by atoms with Gasteiger partial charge in [-0.3, -0.25) is 9.59 Å². The van der Waals surface area contributed by atoms with Crippen LogP contribution in [0.3, 0.4) is 0 Å². The Bertz CT molecular complexity index is 896. The molecule has 1 amide bonds. The smallest absolute Gasteiger partial charge is 0.309 e. The Hall–Kier alpha value is -2.86. The molecule has 1 aliphatic heterocycles. The second-order valence-corrected chi connectivity index (χ2v) is 6.77. The third kappa shape index (κ3) is 5.81. The maximum atomic E-state index is 12.5. The standard InChI is InChI=1S/C22H24N2O4.ClH/c1-3-27-21(25)13-19-10-8-17-12-18(9-11-20(17)28-19)24-22(26)16-6-4-15(5-7-16)14(2)23;/h4-7,9,11-12,19,23H,3,8,10,13H2,1-2H3,(H,24,26);1H. The fourth-order valence-electron chi connectivity index (χ4n) is 3.15. The van der Waals surface area contributed by atoms with Crippen molar-refractivity contribution in [1.82, 2.24) is 0 Å². The summed E-state index contributed by atoms with van der Waals surface area (Å²) in [5, 5.41) is 10.5. The van der Waals surface area contributed by atoms with Crippen molar-refractivity contribution in [2.24, 2.45) is 0 Å². The first-order chi connectivity index (χ1) is 13.5. The number of carbonyl (C=O) groups excluding carboxylic acids is 2. The fraction of sp³-hybridized carbons (Fsp3) is 0.318. The minimum absolute atomic E-state index is 0. The summed E-state index contributed by atoms with van der Waals surface area (Å²) in [6.07, 6.45) is 1.57. The van der Waals surface area contributed by atoms with Crippen LogP contribution >= 0.6 is 12.4 Å². The zero-order chi connectivity index (χ0) is 20.1. The predicted molar refractivity (Wildman–Crippen MR) is 115 cm³/mol. The van der Waals surface area contributed by atoms with E-state index >= 15 is 0 Å². The van der Waals surface area contributed by atoms with E-state index in [-0.39, 0.29) is 36.8 Å². The number of anilines is 1. The summed E-state index contributed by atoms with van der Waals surface area (Å²) >= 11 is 0. The Morgan fingerprint density at radius 3 is 2.52 bits per heavy atom. The van der Waals surface area contributed by atoms with E-state index in [2.05, 4.69) is 5.32 Å². The minimum Gasteiger partial charge on any atom is -0.490 e. The Kier molecular flexibility index (Phi) is 7.79. The average molecular weight is 417 g/mol. The summed E-state index contributed by atoms with van der Waals surface area (Å²) in [6, 6.07) is 12.5. The quantitative estimate of drug-likeness (QED) is 0.539. The number of ether oxygens (including phenoxy) is 2. The molecular weight excluding hydrogens is 392 g/mol. The van der Waals surface area contributed by atoms with Gasteiger partial charge in [0.25, 0.3) is 5.91 Å². The largest absolute Gasteiger partial charge is 0.490 e. The molecule has 0 aliphatic carbocycles. The van der Waals surface area contributed by atoms with Crippen molar-refractivity contribution in [3.8, 4) is 5.75 Å². The van der Waals surface area contributed by atoms with Gasteiger partial charge in [0.05, 0.1) is 13.0 Å². The van der Waals surface area contributed by atoms with Crippen molar-refractivity contribution in [3.63, 3.8) is 0 Å². The van der Waals surface area contributed by atoms with E-state index in [0.29, 0.717) is 23.6 Å². The van der Waals surface area contributed by atoms with Gasteiger partial charge in [0.2, 0.25) is 0 Å². The molecule has 1 unspecified atom stereocenters. The number of halogens is 1. The second-order valence-electron chi connectivity index (χ2n) is 6.77. The normalized spacial score (nSPS) is 14.6. The molecule has 29 heavy (non-hydrogen) atoms. The van der Waals surface area contributed by atoms with Crippen molar-refractivity contribution in [3.05, 3.63) is 59.2 Å². The summed E-state index contributed by atoms with van der Waals surface area (Å²) in [5.74, 6) is 0.291. The number of fused-ring (bicyclic) bond motifs is 1. The van der Waals surface area contributed by atoms with Crippen LogP contribution in [0.4, 0.5) is 5.69 Å². The Balaban J connectivity index is 0.00000300. The topological polar surface area (TPSA) is 88.5 Å². The van der Waals surface area contributed by atoms with E-state index in [4.69, 9.17) is 14.9 Å². The van der Waals surface area contributed by atoms with Crippen LogP contribution in [-0.2, 0) is 16.0 Å². The first-order valence-electron chi connectivity index (χ1n) is 9.38. The second kappa shape index (κ2) is 10.1. The molecule has 0 saturated heterocycles. The maximum Gasteiger partial charge on any atom is 0.309 e. The van der Waals surface area contributed by atoms with Crippen LogP contribution in [0.5, 0.6) is 5.75 Å². The summed E-state index contributed by atoms with van der Waals surface area (Å²) in [7, 11) is 0. The monoisotopic (exact) mass is 416 g/mol. The van der Waals surface area contributed by atoms with Gasteiger partial charge in [-0.05, 0) is 68.1 Å². The summed E-state index contributed by atoms with van der Waals surface area (Å²) < 4.78 is 10.9. The van der Waals surface area contributed by atoms with Crippen LogP contribution in [0.15, 0.2) is 42.5 Å². The van der Waals surface area contributed by atoms with E-state index in [1.54, 1.807) is 44.2 Å². The lowest BCUT2D eigenvalue weighted by Gasteiger charge is -2.26. The molecule has 7 heteroatoms. The molecule has 6 nitrogen and oxygen atoms in total. The van der Waals surface area contributed by atoms with E-state index < -0.39 is 0 Å². The number of aryl methyl sites for hydroxylation is 1. The lowest BCUT2D eigenvalue weighted by molar-refractivity contribution is -0.145. The molecular formula is C22H25ClN2O4. The van der Waals surface area contributed by atoms with Gasteiger partial charge in [0.15, 0.2) is 0 Å². The number of benzene rings is 2. The molecule has 0 radical (unpaired) electrons. The lowest BCUT2D eigenvalue weighted by atomic mass is 10.00. The molecule has 3 rings (SSSR count). The maximum absolute atomic E-state index is 12.5. The minimum atomic E-state index is -0.246. The molecule has 0 fully saturated rings. The molecule has 1 atom stereocenters. The molecule has 2 aromatic rings. The molecule has 0 spiro atoms. The Labute approximate surface area is 176 Å². The van der Waals surface area contributed by atoms with Gasteiger partial charge in [-0.15, -0.1) is 12.4 Å². The van der Waals surface area contributed by atoms with Gasteiger partial charge in [-0.1, -0.05) is 12.1 Å². The zero-order valence-electron chi connectivity index (χ0n) is 16.5. The molecule has 0 bridgehead atoms. The number of carbonyl (C=O) groups is 2. The van der Waals surface area contributed by atoms with Gasteiger partial charge in [0, 0.05) is 17.0 Å². The number of rotatable bonds is 6. The highest BCUT2D eigenvalue weighted by Crippen LogP contribution is 2.31. The summed E-state index contributed by atoms with van der Waals surface area (Å²) in [6.45, 7) is 3.87. The predicted octanol–water partition coefficient (Wildman–Crippen LogP) is 4.40. The molecule has 2 aromatic carbocycles. The van der Waals surface area contributed by atoms with E-state index in [1.807, 2.05) is 12.1 Å². The number of hydrogen-bond donors (Lipinski definition) is 2. The number of esters is 1. The van der Waals surface area contributed by atoms with Crippen molar-refractivity contribution in [2.75, 3.05) is 11.9 Å². The molecule has 0 aromatic heterocycles. The van der Waals surface area contributed by atoms with Crippen LogP contribution in [0, 0.1) is 5.41 Å². The highest BCUT2D eigenvalue weighted by molar-refractivity contribution is 6.05. The average Bonchev–Trinajstić information content (AvgIpc) is 2.68. The van der Waals surface area contributed by atoms with Gasteiger partial charge in [-0.2, -0.15) is 0 Å². The SMILES string of the molecule is CCOC(=O)CC1CCc2cc(NC(=O)c3ccc(C(C)=N)cc3)ccc2O1.Cl. The number of hydrogen-bond acceptors (Lipinski definition) is 5. The lowest BCUT2D eigenvalue weighted by Crippen LogP contribution is -2.26. The third-order valence-electron chi connectivity index (χ3n) is 4.63. The van der Waals surface area contributed by atoms with E-state index in [1.165, 1.54) is 0 Å². The van der Waals surface area contributed by atoms with E-state index in [0.717, 1.165) is 29.7 Å². The van der Waals surface area contributed by atoms with Crippen LogP contribution in [0.25, 0.3) is 0 Å². The van der Waals surface area contributed by atoms with Gasteiger partial charge in [0.1, 0.15) is 11.9 Å². The molecule has 2 N–H and O–H groups in total. The van der Waals surface area contributed by atoms with Gasteiger partial charge in [-0.25, -0.2) is 0 Å². The van der Waals surface area contributed by atoms with E-state index in [9.17, 15) is 9.59 Å². The van der Waals surface area contributed by atoms with Crippen molar-refractivity contribution >= 4 is 35.7 Å². The number of nitrogens with one attached hydrogen (secondary N) is 2. The highest BCUT2D eigenvalue weighted by Gasteiger charge is 2.23. The number of amides is 1. The first kappa shape index (κ1) is 22.4. The van der Waals surface area contributed by atoms with Crippen LogP contribution in [-0.4, -0.2) is 30.3 Å². The first-order valence-corrected chi connectivity index (χ1v) is 9.38. The highest BCUT2D eigenvalue weighted by atomic mass is 35.5. The van der Waals surface area contributed by atoms with Gasteiger partial charge >= 0.3 is 5.97 Å². The van der Waals surface area contributed by atoms with Crippen molar-refractivity contribution < 1.29 is 19.1 Å². The Morgan fingerprint density at radius 1 is 1.17 bits per heavy atom. The van der Waals surface area contributed by atoms with Crippen molar-refractivity contribution in [2.45, 2.75) is 39.2 Å². The summed E-state index contributed by atoms with van der Waals surface area (Å²) in [4.78, 5) is 24.1. The third-order valence-corrected chi connectivity index (χ3v) is 4.63. The molecule has 1 aliphatic rings. The van der Waals surface area contributed by atoms with Gasteiger partial charge < -0.3 is 20.2 Å². The summed E-state index contributed by atoms with van der Waals surface area (Å²) in [5.41, 5.74) is 3.49. The molecule has 154 valence electrons. The Morgan fingerprint density at radius 2 is 1.86 bits per heavy atom. The zero-order valence-corrected chi connectivity index (χ0v) is 17.3. The van der Waals surface area contributed by atoms with Crippen LogP contribution in [0.2, 0.25) is 0 Å². The molecule has 0 saturated carbocycles. The van der Waals surface area contributed by atoms with Crippen LogP contribution in [0.1, 0.15) is 48.2 Å².